The van der Waals surface area contributed by atoms with E-state index in [9.17, 15) is 18.0 Å². The molecule has 12 heteroatoms. The molecule has 1 atom stereocenters. The molecule has 0 saturated carbocycles. The fourth-order valence-corrected chi connectivity index (χ4v) is 0.666. The van der Waals surface area contributed by atoms with Crippen LogP contribution < -0.4 is 5.73 Å². The number of hydrogen-bond donors (Lipinski definition) is 3. The Morgan fingerprint density at radius 3 is 1.90 bits per heavy atom. The molecule has 1 aromatic heterocycles. The minimum atomic E-state index is -5.08. The number of aromatic nitrogens is 4. The Labute approximate surface area is 109 Å². The van der Waals surface area contributed by atoms with Crippen LogP contribution in [0.4, 0.5) is 13.2 Å². The summed E-state index contributed by atoms with van der Waals surface area (Å²) in [6.07, 6.45) is -5.05. The minimum Gasteiger partial charge on any atom is -0.480 e. The maximum absolute atomic E-state index is 10.6. The molecule has 0 aromatic carbocycles. The topological polar surface area (TPSA) is 152 Å². The summed E-state index contributed by atoms with van der Waals surface area (Å²) in [5.74, 6) is -3.18. The molecule has 0 fully saturated rings. The number of carboxylic acid groups (broad SMARTS) is 2. The molecule has 1 heterocycles. The molecule has 9 nitrogen and oxygen atoms in total. The number of halogens is 3. The summed E-state index contributed by atoms with van der Waals surface area (Å²) < 4.78 is 31.7. The summed E-state index contributed by atoms with van der Waals surface area (Å²) in [5, 5.41) is 30.1. The number of nitrogens with two attached hydrogens (primary N) is 1. The van der Waals surface area contributed by atoms with Crippen molar-refractivity contribution in [3.8, 4) is 0 Å². The van der Waals surface area contributed by atoms with Crippen LogP contribution in [0.1, 0.15) is 11.6 Å². The van der Waals surface area contributed by atoms with Crippen molar-refractivity contribution < 1.29 is 33.0 Å². The van der Waals surface area contributed by atoms with E-state index in [1.54, 1.807) is 6.92 Å². The van der Waals surface area contributed by atoms with Crippen molar-refractivity contribution >= 4 is 11.9 Å². The Hall–Kier alpha value is -2.37. The van der Waals surface area contributed by atoms with Crippen molar-refractivity contribution in [2.75, 3.05) is 0 Å². The molecule has 1 rings (SSSR count). The Balaban J connectivity index is 0.000000441. The van der Waals surface area contributed by atoms with Gasteiger partial charge in [0.25, 0.3) is 0 Å². The molecule has 0 aliphatic carbocycles. The standard InChI is InChI=1S/C6H9N5O2.C2HF3O2/c1-3-8-10-5(11-9-3)2-4(7)6(12)13;3-2(4,5)1(6)7/h4H,2,7H2,1H3,(H,12,13);(H,6,7)/t4-;/m0./s1. The maximum atomic E-state index is 10.6. The lowest BCUT2D eigenvalue weighted by molar-refractivity contribution is -0.192. The van der Waals surface area contributed by atoms with Crippen molar-refractivity contribution in [2.24, 2.45) is 5.73 Å². The number of aliphatic carboxylic acids is 2. The molecule has 0 aliphatic rings. The van der Waals surface area contributed by atoms with E-state index in [1.165, 1.54) is 0 Å². The van der Waals surface area contributed by atoms with Gasteiger partial charge in [0.05, 0.1) is 0 Å². The maximum Gasteiger partial charge on any atom is 0.490 e. The molecule has 0 radical (unpaired) electrons. The SMILES string of the molecule is Cc1nnc(C[C@H](N)C(=O)O)nn1.O=C(O)C(F)(F)F. The zero-order valence-corrected chi connectivity index (χ0v) is 10.00. The van der Waals surface area contributed by atoms with Crippen LogP contribution in [0.3, 0.4) is 0 Å². The fraction of sp³-hybridized carbons (Fsp3) is 0.500. The van der Waals surface area contributed by atoms with Gasteiger partial charge in [0.1, 0.15) is 6.04 Å². The smallest absolute Gasteiger partial charge is 0.480 e. The summed E-state index contributed by atoms with van der Waals surface area (Å²) >= 11 is 0. The highest BCUT2D eigenvalue weighted by atomic mass is 19.4. The Kier molecular flexibility index (Phi) is 6.41. The average molecular weight is 297 g/mol. The second-order valence-corrected chi connectivity index (χ2v) is 3.32. The molecule has 112 valence electrons. The van der Waals surface area contributed by atoms with Crippen LogP contribution in [0.2, 0.25) is 0 Å². The van der Waals surface area contributed by atoms with E-state index in [-0.39, 0.29) is 12.2 Å². The number of rotatable bonds is 3. The van der Waals surface area contributed by atoms with Crippen LogP contribution >= 0.6 is 0 Å². The molecule has 20 heavy (non-hydrogen) atoms. The summed E-state index contributed by atoms with van der Waals surface area (Å²) in [7, 11) is 0. The fourth-order valence-electron chi connectivity index (χ4n) is 0.666. The average Bonchev–Trinajstić information content (AvgIpc) is 2.31. The van der Waals surface area contributed by atoms with E-state index in [0.29, 0.717) is 5.82 Å². The summed E-state index contributed by atoms with van der Waals surface area (Å²) in [4.78, 5) is 19.2. The van der Waals surface area contributed by atoms with Gasteiger partial charge >= 0.3 is 18.1 Å². The number of carboxylic acids is 2. The van der Waals surface area contributed by atoms with E-state index in [4.69, 9.17) is 20.7 Å². The molecule has 4 N–H and O–H groups in total. The van der Waals surface area contributed by atoms with Crippen LogP contribution in [0.15, 0.2) is 0 Å². The van der Waals surface area contributed by atoms with Gasteiger partial charge in [-0.05, 0) is 6.92 Å². The van der Waals surface area contributed by atoms with Crippen LogP contribution in [0.5, 0.6) is 0 Å². The normalized spacial score (nSPS) is 12.1. The van der Waals surface area contributed by atoms with Gasteiger partial charge in [0.15, 0.2) is 11.6 Å². The van der Waals surface area contributed by atoms with Crippen molar-refractivity contribution in [1.82, 2.24) is 20.4 Å². The van der Waals surface area contributed by atoms with Gasteiger partial charge in [-0.1, -0.05) is 0 Å². The predicted octanol–water partition coefficient (Wildman–Crippen LogP) is -0.837. The van der Waals surface area contributed by atoms with Gasteiger partial charge in [0.2, 0.25) is 0 Å². The van der Waals surface area contributed by atoms with E-state index in [2.05, 4.69) is 20.4 Å². The van der Waals surface area contributed by atoms with E-state index >= 15 is 0 Å². The molecule has 1 aromatic rings. The number of nitrogens with zero attached hydrogens (tertiary/aromatic N) is 4. The molecule has 0 unspecified atom stereocenters. The summed E-state index contributed by atoms with van der Waals surface area (Å²) in [5.41, 5.74) is 5.25. The molecule has 0 aliphatic heterocycles. The molecule has 0 saturated heterocycles. The van der Waals surface area contributed by atoms with Gasteiger partial charge in [-0.15, -0.1) is 20.4 Å². The van der Waals surface area contributed by atoms with Crippen molar-refractivity contribution in [3.05, 3.63) is 11.6 Å². The van der Waals surface area contributed by atoms with Gasteiger partial charge in [-0.3, -0.25) is 4.79 Å². The van der Waals surface area contributed by atoms with Gasteiger partial charge in [-0.2, -0.15) is 13.2 Å². The molecular formula is C8H10F3N5O4. The lowest BCUT2D eigenvalue weighted by Crippen LogP contribution is -2.33. The Bertz CT molecular complexity index is 464. The van der Waals surface area contributed by atoms with Crippen LogP contribution in [0.25, 0.3) is 0 Å². The number of alkyl halides is 3. The van der Waals surface area contributed by atoms with E-state index in [1.807, 2.05) is 0 Å². The monoisotopic (exact) mass is 297 g/mol. The highest BCUT2D eigenvalue weighted by Crippen LogP contribution is 2.13. The summed E-state index contributed by atoms with van der Waals surface area (Å²) in [6, 6.07) is -1.01. The second kappa shape index (κ2) is 7.28. The predicted molar refractivity (Wildman–Crippen MR) is 55.4 cm³/mol. The van der Waals surface area contributed by atoms with Gasteiger partial charge < -0.3 is 15.9 Å². The third-order valence-electron chi connectivity index (χ3n) is 1.58. The third kappa shape index (κ3) is 7.15. The lowest BCUT2D eigenvalue weighted by Gasteiger charge is -2.02. The van der Waals surface area contributed by atoms with Crippen LogP contribution in [-0.4, -0.2) is 54.8 Å². The zero-order valence-electron chi connectivity index (χ0n) is 10.00. The van der Waals surface area contributed by atoms with Crippen molar-refractivity contribution in [3.63, 3.8) is 0 Å². The quantitative estimate of drug-likeness (QED) is 0.648. The van der Waals surface area contributed by atoms with Crippen molar-refractivity contribution in [2.45, 2.75) is 25.6 Å². The summed E-state index contributed by atoms with van der Waals surface area (Å²) in [6.45, 7) is 1.64. The number of carbonyl (C=O) groups is 2. The minimum absolute atomic E-state index is 0.0373. The zero-order chi connectivity index (χ0) is 15.9. The van der Waals surface area contributed by atoms with Crippen molar-refractivity contribution in [1.29, 1.82) is 0 Å². The number of hydrogen-bond acceptors (Lipinski definition) is 7. The first-order chi connectivity index (χ1) is 9.04. The van der Waals surface area contributed by atoms with Gasteiger partial charge in [-0.25, -0.2) is 4.79 Å². The molecular weight excluding hydrogens is 287 g/mol. The van der Waals surface area contributed by atoms with Crippen LogP contribution in [-0.2, 0) is 16.0 Å². The largest absolute Gasteiger partial charge is 0.490 e. The Morgan fingerprint density at radius 1 is 1.20 bits per heavy atom. The van der Waals surface area contributed by atoms with Gasteiger partial charge in [0, 0.05) is 6.42 Å². The number of aryl methyl sites for hydroxylation is 1. The second-order valence-electron chi connectivity index (χ2n) is 3.32. The third-order valence-corrected chi connectivity index (χ3v) is 1.58. The highest BCUT2D eigenvalue weighted by Gasteiger charge is 2.38. The first-order valence-electron chi connectivity index (χ1n) is 4.85. The molecule has 0 bridgehead atoms. The first kappa shape index (κ1) is 17.6. The first-order valence-corrected chi connectivity index (χ1v) is 4.85. The highest BCUT2D eigenvalue weighted by molar-refractivity contribution is 5.73. The van der Waals surface area contributed by atoms with Crippen LogP contribution in [0, 0.1) is 6.92 Å². The molecule has 0 amide bonds. The Morgan fingerprint density at radius 2 is 1.60 bits per heavy atom. The van der Waals surface area contributed by atoms with E-state index < -0.39 is 24.2 Å². The van der Waals surface area contributed by atoms with E-state index in [0.717, 1.165) is 0 Å². The lowest BCUT2D eigenvalue weighted by atomic mass is 10.2. The molecule has 0 spiro atoms.